The van der Waals surface area contributed by atoms with Gasteiger partial charge in [-0.15, -0.1) is 0 Å². The van der Waals surface area contributed by atoms with Crippen LogP contribution in [0.3, 0.4) is 0 Å². The highest BCUT2D eigenvalue weighted by Crippen LogP contribution is 2.28. The molecule has 1 heterocycles. The van der Waals surface area contributed by atoms with Crippen LogP contribution in [0.15, 0.2) is 65.0 Å². The normalized spacial score (nSPS) is 13.9. The van der Waals surface area contributed by atoms with Crippen LogP contribution in [0, 0.1) is 0 Å². The number of carbonyl (C=O) groups excluding carboxylic acids is 2. The van der Waals surface area contributed by atoms with Crippen molar-refractivity contribution < 1.29 is 13.8 Å². The standard InChI is InChI=1S/C18H22N2O.C5H11NO2S/c1-13(2)17-16(18(21)19-4)10-14(3)11-20(17)12-15-8-6-5-7-9-15;1-9(8)4-2-3-6-5-7/h5-11H,12H2,1-4H3,(H,19,21);5H,2-4H2,1H3,(H,6,7). The van der Waals surface area contributed by atoms with Gasteiger partial charge < -0.3 is 15.5 Å². The number of hydrogen-bond donors (Lipinski definition) is 2. The van der Waals surface area contributed by atoms with Crippen LogP contribution in [-0.4, -0.2) is 47.0 Å². The van der Waals surface area contributed by atoms with Gasteiger partial charge in [0.2, 0.25) is 6.41 Å². The Balaban J connectivity index is 0.000000424. The molecule has 2 rings (SSSR count). The van der Waals surface area contributed by atoms with E-state index in [1.807, 2.05) is 45.0 Å². The van der Waals surface area contributed by atoms with E-state index in [9.17, 15) is 13.8 Å². The quantitative estimate of drug-likeness (QED) is 0.490. The number of allylic oxidation sites excluding steroid dienone is 3. The highest BCUT2D eigenvalue weighted by molar-refractivity contribution is 7.84. The maximum absolute atomic E-state index is 12.2. The number of rotatable bonds is 8. The molecule has 1 aromatic rings. The summed E-state index contributed by atoms with van der Waals surface area (Å²) in [6, 6.07) is 10.3. The molecular weight excluding hydrogens is 398 g/mol. The fourth-order valence-electron chi connectivity index (χ4n) is 3.00. The molecule has 7 heteroatoms. The van der Waals surface area contributed by atoms with Crippen LogP contribution in [0.2, 0.25) is 0 Å². The molecule has 1 unspecified atom stereocenters. The molecule has 0 saturated carbocycles. The van der Waals surface area contributed by atoms with Crippen LogP contribution in [0.4, 0.5) is 0 Å². The summed E-state index contributed by atoms with van der Waals surface area (Å²) in [5.41, 5.74) is 5.15. The lowest BCUT2D eigenvalue weighted by Gasteiger charge is -2.30. The van der Waals surface area contributed by atoms with Crippen molar-refractivity contribution in [2.75, 3.05) is 25.6 Å². The maximum atomic E-state index is 12.2. The first kappa shape index (κ1) is 25.4. The molecule has 0 aromatic heterocycles. The van der Waals surface area contributed by atoms with E-state index in [0.717, 1.165) is 35.4 Å². The Bertz CT molecular complexity index is 825. The number of hydrogen-bond acceptors (Lipinski definition) is 4. The second-order valence-corrected chi connectivity index (χ2v) is 8.73. The molecule has 0 saturated heterocycles. The van der Waals surface area contributed by atoms with Gasteiger partial charge in [0.25, 0.3) is 5.91 Å². The molecule has 6 nitrogen and oxygen atoms in total. The van der Waals surface area contributed by atoms with Crippen molar-refractivity contribution in [3.8, 4) is 0 Å². The molecule has 164 valence electrons. The maximum Gasteiger partial charge on any atom is 0.253 e. The largest absolute Gasteiger partial charge is 0.359 e. The molecule has 0 radical (unpaired) electrons. The van der Waals surface area contributed by atoms with Gasteiger partial charge >= 0.3 is 0 Å². The van der Waals surface area contributed by atoms with Crippen LogP contribution in [0.25, 0.3) is 0 Å². The Morgan fingerprint density at radius 3 is 2.40 bits per heavy atom. The van der Waals surface area contributed by atoms with Crippen molar-refractivity contribution in [1.82, 2.24) is 15.5 Å². The van der Waals surface area contributed by atoms with Gasteiger partial charge in [-0.2, -0.15) is 0 Å². The minimum Gasteiger partial charge on any atom is -0.359 e. The van der Waals surface area contributed by atoms with Crippen LogP contribution >= 0.6 is 0 Å². The third-order valence-electron chi connectivity index (χ3n) is 4.25. The van der Waals surface area contributed by atoms with Crippen molar-refractivity contribution >= 4 is 23.1 Å². The summed E-state index contributed by atoms with van der Waals surface area (Å²) in [6.07, 6.45) is 7.14. The Hall–Kier alpha value is -2.67. The SMILES string of the molecule is CNC(=O)C1=CC(C)=CN(Cc2ccccc2)C1=C(C)C.CS(=O)CCCNC=O. The first-order valence-electron chi connectivity index (χ1n) is 9.87. The Labute approximate surface area is 182 Å². The number of nitrogens with one attached hydrogen (secondary N) is 2. The second kappa shape index (κ2) is 13.5. The molecule has 30 heavy (non-hydrogen) atoms. The third-order valence-corrected chi connectivity index (χ3v) is 5.11. The van der Waals surface area contributed by atoms with Crippen molar-refractivity contribution in [1.29, 1.82) is 0 Å². The first-order chi connectivity index (χ1) is 14.3. The lowest BCUT2D eigenvalue weighted by Crippen LogP contribution is -2.30. The van der Waals surface area contributed by atoms with E-state index in [2.05, 4.69) is 33.9 Å². The number of carbonyl (C=O) groups is 2. The van der Waals surface area contributed by atoms with Gasteiger partial charge in [0, 0.05) is 49.1 Å². The number of amides is 2. The molecule has 0 spiro atoms. The number of benzene rings is 1. The number of nitrogens with zero attached hydrogens (tertiary/aromatic N) is 1. The highest BCUT2D eigenvalue weighted by Gasteiger charge is 2.23. The zero-order valence-corrected chi connectivity index (χ0v) is 19.3. The average Bonchev–Trinajstić information content (AvgIpc) is 2.71. The molecule has 1 aliphatic rings. The van der Waals surface area contributed by atoms with E-state index in [-0.39, 0.29) is 5.91 Å². The van der Waals surface area contributed by atoms with Gasteiger partial charge in [-0.25, -0.2) is 0 Å². The molecule has 0 fully saturated rings. The smallest absolute Gasteiger partial charge is 0.253 e. The summed E-state index contributed by atoms with van der Waals surface area (Å²) >= 11 is 0. The zero-order chi connectivity index (χ0) is 22.5. The van der Waals surface area contributed by atoms with Crippen LogP contribution in [0.5, 0.6) is 0 Å². The van der Waals surface area contributed by atoms with Gasteiger partial charge in [0.15, 0.2) is 0 Å². The van der Waals surface area contributed by atoms with Crippen molar-refractivity contribution in [3.63, 3.8) is 0 Å². The van der Waals surface area contributed by atoms with E-state index >= 15 is 0 Å². The van der Waals surface area contributed by atoms with E-state index in [0.29, 0.717) is 18.7 Å². The fourth-order valence-corrected chi connectivity index (χ4v) is 3.55. The Morgan fingerprint density at radius 2 is 1.87 bits per heavy atom. The molecule has 0 bridgehead atoms. The fraction of sp³-hybridized carbons (Fsp3) is 0.391. The third kappa shape index (κ3) is 8.78. The predicted octanol–water partition coefficient (Wildman–Crippen LogP) is 2.87. The summed E-state index contributed by atoms with van der Waals surface area (Å²) in [6.45, 7) is 7.48. The highest BCUT2D eigenvalue weighted by atomic mass is 32.2. The van der Waals surface area contributed by atoms with Gasteiger partial charge in [0.05, 0.1) is 11.3 Å². The van der Waals surface area contributed by atoms with Gasteiger partial charge in [-0.05, 0) is 44.4 Å². The van der Waals surface area contributed by atoms with Crippen LogP contribution in [-0.2, 0) is 26.9 Å². The molecule has 0 aliphatic carbocycles. The summed E-state index contributed by atoms with van der Waals surface area (Å²) in [4.78, 5) is 24.0. The van der Waals surface area contributed by atoms with Crippen LogP contribution < -0.4 is 10.6 Å². The van der Waals surface area contributed by atoms with Crippen molar-refractivity contribution in [2.24, 2.45) is 0 Å². The molecule has 1 aromatic carbocycles. The molecule has 1 aliphatic heterocycles. The summed E-state index contributed by atoms with van der Waals surface area (Å²) in [7, 11) is 0.943. The van der Waals surface area contributed by atoms with Crippen molar-refractivity contribution in [2.45, 2.75) is 33.7 Å². The van der Waals surface area contributed by atoms with Gasteiger partial charge in [0.1, 0.15) is 0 Å². The van der Waals surface area contributed by atoms with Crippen LogP contribution in [0.1, 0.15) is 32.8 Å². The molecule has 2 amide bonds. The summed E-state index contributed by atoms with van der Waals surface area (Å²) in [5, 5.41) is 5.22. The average molecular weight is 432 g/mol. The Kier molecular flexibility index (Phi) is 11.4. The van der Waals surface area contributed by atoms with E-state index in [1.54, 1.807) is 13.3 Å². The lowest BCUT2D eigenvalue weighted by molar-refractivity contribution is -0.117. The Morgan fingerprint density at radius 1 is 1.20 bits per heavy atom. The summed E-state index contributed by atoms with van der Waals surface area (Å²) in [5.74, 6) is 0.623. The minimum atomic E-state index is -0.725. The monoisotopic (exact) mass is 431 g/mol. The molecule has 1 atom stereocenters. The van der Waals surface area contributed by atoms with E-state index in [1.165, 1.54) is 5.56 Å². The number of likely N-dealkylation sites (N-methyl/N-ethyl adjacent to an activating group) is 1. The lowest BCUT2D eigenvalue weighted by atomic mass is 9.99. The molecule has 2 N–H and O–H groups in total. The van der Waals surface area contributed by atoms with E-state index in [4.69, 9.17) is 0 Å². The zero-order valence-electron chi connectivity index (χ0n) is 18.5. The van der Waals surface area contributed by atoms with E-state index < -0.39 is 10.8 Å². The minimum absolute atomic E-state index is 0.0447. The van der Waals surface area contributed by atoms with Crippen molar-refractivity contribution in [3.05, 3.63) is 70.6 Å². The second-order valence-electron chi connectivity index (χ2n) is 7.18. The molecular formula is C23H33N3O3S. The van der Waals surface area contributed by atoms with Gasteiger partial charge in [-0.3, -0.25) is 13.8 Å². The topological polar surface area (TPSA) is 78.5 Å². The summed E-state index contributed by atoms with van der Waals surface area (Å²) < 4.78 is 10.4. The first-order valence-corrected chi connectivity index (χ1v) is 11.6. The van der Waals surface area contributed by atoms with Gasteiger partial charge in [-0.1, -0.05) is 35.9 Å². The predicted molar refractivity (Wildman–Crippen MR) is 124 cm³/mol.